The maximum Gasteiger partial charge on any atom is 0.616 e. The third-order valence-electron chi connectivity index (χ3n) is 3.54. The van der Waals surface area contributed by atoms with Crippen LogP contribution in [0.15, 0.2) is 91.0 Å². The maximum atomic E-state index is 6.14. The van der Waals surface area contributed by atoms with Crippen LogP contribution in [0.5, 0.6) is 11.5 Å². The van der Waals surface area contributed by atoms with Crippen LogP contribution >= 0.6 is 0 Å². The molecule has 0 aliphatic heterocycles. The second kappa shape index (κ2) is 8.33. The van der Waals surface area contributed by atoms with Crippen molar-refractivity contribution in [3.05, 3.63) is 96.6 Å². The lowest BCUT2D eigenvalue weighted by molar-refractivity contribution is 0.143. The summed E-state index contributed by atoms with van der Waals surface area (Å²) in [5.41, 5.74) is 1.10. The summed E-state index contributed by atoms with van der Waals surface area (Å²) in [7, 11) is -2.41. The van der Waals surface area contributed by atoms with E-state index in [0.717, 1.165) is 17.1 Å². The van der Waals surface area contributed by atoms with Crippen molar-refractivity contribution in [1.29, 1.82) is 0 Å². The highest BCUT2D eigenvalue weighted by Crippen LogP contribution is 2.21. The molecule has 0 amide bonds. The van der Waals surface area contributed by atoms with Gasteiger partial charge in [-0.1, -0.05) is 66.7 Å². The van der Waals surface area contributed by atoms with Gasteiger partial charge in [-0.15, -0.1) is 0 Å². The molecule has 0 radical (unpaired) electrons. The minimum Gasteiger partial charge on any atom is -0.494 e. The molecule has 3 nitrogen and oxygen atoms in total. The van der Waals surface area contributed by atoms with Gasteiger partial charge < -0.3 is 13.3 Å². The Kier molecular flexibility index (Phi) is 5.66. The lowest BCUT2D eigenvalue weighted by atomic mass is 10.1. The summed E-state index contributed by atoms with van der Waals surface area (Å²) in [5, 5.41) is 0. The zero-order valence-electron chi connectivity index (χ0n) is 13.5. The quantitative estimate of drug-likeness (QED) is 0.588. The van der Waals surface area contributed by atoms with Crippen molar-refractivity contribution in [2.24, 2.45) is 0 Å². The minimum absolute atomic E-state index is 0.102. The number of benzene rings is 3. The van der Waals surface area contributed by atoms with E-state index in [2.05, 4.69) is 0 Å². The van der Waals surface area contributed by atoms with Crippen LogP contribution in [-0.2, 0) is 4.43 Å². The Labute approximate surface area is 144 Å². The largest absolute Gasteiger partial charge is 0.616 e. The molecule has 4 heteroatoms. The number of para-hydroxylation sites is 2. The van der Waals surface area contributed by atoms with E-state index in [0.29, 0.717) is 0 Å². The topological polar surface area (TPSA) is 27.7 Å². The van der Waals surface area contributed by atoms with Gasteiger partial charge in [0.05, 0.1) is 6.10 Å². The standard InChI is InChI=1S/C20H20O3Si/c1-17(18-11-5-2-6-12-18)21-24(22-19-13-7-3-8-14-19)23-20-15-9-4-10-16-20/h2-17,24H,1H3. The fourth-order valence-electron chi connectivity index (χ4n) is 2.27. The van der Waals surface area contributed by atoms with E-state index in [1.807, 2.05) is 97.9 Å². The molecule has 0 aromatic heterocycles. The van der Waals surface area contributed by atoms with E-state index in [-0.39, 0.29) is 6.10 Å². The van der Waals surface area contributed by atoms with Gasteiger partial charge in [0.15, 0.2) is 0 Å². The normalized spacial score (nSPS) is 11.9. The average molecular weight is 336 g/mol. The first-order valence-electron chi connectivity index (χ1n) is 7.95. The number of rotatable bonds is 7. The van der Waals surface area contributed by atoms with Crippen molar-refractivity contribution >= 4 is 9.53 Å². The van der Waals surface area contributed by atoms with Crippen LogP contribution in [0.1, 0.15) is 18.6 Å². The summed E-state index contributed by atoms with van der Waals surface area (Å²) in [4.78, 5) is 0. The summed E-state index contributed by atoms with van der Waals surface area (Å²) in [5.74, 6) is 1.51. The van der Waals surface area contributed by atoms with Crippen molar-refractivity contribution in [3.8, 4) is 11.5 Å². The number of hydrogen-bond donors (Lipinski definition) is 0. The molecule has 0 bridgehead atoms. The molecule has 122 valence electrons. The molecule has 0 aliphatic carbocycles. The van der Waals surface area contributed by atoms with E-state index in [4.69, 9.17) is 13.3 Å². The van der Waals surface area contributed by atoms with Crippen LogP contribution in [0.4, 0.5) is 0 Å². The fraction of sp³-hybridized carbons (Fsp3) is 0.100. The first kappa shape index (κ1) is 16.3. The Bertz CT molecular complexity index is 678. The van der Waals surface area contributed by atoms with E-state index in [1.165, 1.54) is 0 Å². The monoisotopic (exact) mass is 336 g/mol. The van der Waals surface area contributed by atoms with Crippen molar-refractivity contribution in [2.75, 3.05) is 0 Å². The van der Waals surface area contributed by atoms with Gasteiger partial charge in [0, 0.05) is 0 Å². The van der Waals surface area contributed by atoms with Gasteiger partial charge in [-0.2, -0.15) is 0 Å². The third-order valence-corrected chi connectivity index (χ3v) is 5.09. The Hall–Kier alpha value is -2.56. The van der Waals surface area contributed by atoms with E-state index in [1.54, 1.807) is 0 Å². The summed E-state index contributed by atoms with van der Waals surface area (Å²) in [6.45, 7) is 2.01. The molecule has 0 fully saturated rings. The van der Waals surface area contributed by atoms with Crippen LogP contribution in [0.2, 0.25) is 0 Å². The first-order valence-corrected chi connectivity index (χ1v) is 9.36. The average Bonchev–Trinajstić information content (AvgIpc) is 2.64. The van der Waals surface area contributed by atoms with Gasteiger partial charge in [0.25, 0.3) is 0 Å². The van der Waals surface area contributed by atoms with E-state index in [9.17, 15) is 0 Å². The van der Waals surface area contributed by atoms with Crippen molar-refractivity contribution in [2.45, 2.75) is 13.0 Å². The molecule has 3 aromatic carbocycles. The first-order chi connectivity index (χ1) is 11.8. The smallest absolute Gasteiger partial charge is 0.494 e. The molecular formula is C20H20O3Si. The molecule has 24 heavy (non-hydrogen) atoms. The predicted molar refractivity (Wildman–Crippen MR) is 97.2 cm³/mol. The molecule has 3 aromatic rings. The lowest BCUT2D eigenvalue weighted by Gasteiger charge is -2.22. The maximum absolute atomic E-state index is 6.14. The SMILES string of the molecule is CC(O[SiH](Oc1ccccc1)Oc1ccccc1)c1ccccc1. The van der Waals surface area contributed by atoms with E-state index < -0.39 is 9.53 Å². The summed E-state index contributed by atoms with van der Waals surface area (Å²) in [6.07, 6.45) is -0.102. The molecule has 0 heterocycles. The fourth-order valence-corrected chi connectivity index (χ4v) is 3.68. The highest BCUT2D eigenvalue weighted by atomic mass is 28.3. The van der Waals surface area contributed by atoms with Crippen molar-refractivity contribution in [1.82, 2.24) is 0 Å². The third kappa shape index (κ3) is 4.71. The Morgan fingerprint density at radius 1 is 0.625 bits per heavy atom. The van der Waals surface area contributed by atoms with Gasteiger partial charge in [0.2, 0.25) is 0 Å². The highest BCUT2D eigenvalue weighted by molar-refractivity contribution is 6.38. The van der Waals surface area contributed by atoms with Crippen LogP contribution in [0, 0.1) is 0 Å². The van der Waals surface area contributed by atoms with Gasteiger partial charge in [-0.25, -0.2) is 0 Å². The summed E-state index contributed by atoms with van der Waals surface area (Å²) < 4.78 is 18.1. The van der Waals surface area contributed by atoms with Gasteiger partial charge in [-0.05, 0) is 36.8 Å². The molecule has 0 aliphatic rings. The molecule has 3 rings (SSSR count). The Morgan fingerprint density at radius 3 is 1.50 bits per heavy atom. The Morgan fingerprint density at radius 2 is 1.04 bits per heavy atom. The number of hydrogen-bond acceptors (Lipinski definition) is 3. The highest BCUT2D eigenvalue weighted by Gasteiger charge is 2.24. The Balaban J connectivity index is 1.73. The minimum atomic E-state index is -2.41. The van der Waals surface area contributed by atoms with Gasteiger partial charge >= 0.3 is 9.53 Å². The lowest BCUT2D eigenvalue weighted by Crippen LogP contribution is -2.34. The van der Waals surface area contributed by atoms with E-state index >= 15 is 0 Å². The zero-order valence-corrected chi connectivity index (χ0v) is 14.7. The van der Waals surface area contributed by atoms with Gasteiger partial charge in [-0.3, -0.25) is 0 Å². The second-order valence-corrected chi connectivity index (χ2v) is 6.66. The summed E-state index contributed by atoms with van der Waals surface area (Å²) >= 11 is 0. The summed E-state index contributed by atoms with van der Waals surface area (Å²) in [6, 6.07) is 29.4. The van der Waals surface area contributed by atoms with Crippen LogP contribution in [-0.4, -0.2) is 9.53 Å². The molecule has 1 atom stereocenters. The van der Waals surface area contributed by atoms with Crippen LogP contribution in [0.3, 0.4) is 0 Å². The van der Waals surface area contributed by atoms with Crippen molar-refractivity contribution < 1.29 is 13.3 Å². The second-order valence-electron chi connectivity index (χ2n) is 5.34. The zero-order chi connectivity index (χ0) is 16.6. The predicted octanol–water partition coefficient (Wildman–Crippen LogP) is 4.64. The van der Waals surface area contributed by atoms with Crippen LogP contribution < -0.4 is 8.85 Å². The van der Waals surface area contributed by atoms with Crippen LogP contribution in [0.25, 0.3) is 0 Å². The molecule has 0 saturated carbocycles. The van der Waals surface area contributed by atoms with Gasteiger partial charge in [0.1, 0.15) is 11.5 Å². The van der Waals surface area contributed by atoms with Crippen molar-refractivity contribution in [3.63, 3.8) is 0 Å². The molecule has 1 unspecified atom stereocenters. The molecule has 0 spiro atoms. The molecule has 0 saturated heterocycles. The molecule has 0 N–H and O–H groups in total. The molecular weight excluding hydrogens is 316 g/mol.